The van der Waals surface area contributed by atoms with Gasteiger partial charge < -0.3 is 19.3 Å². The fourth-order valence-corrected chi connectivity index (χ4v) is 3.43. The van der Waals surface area contributed by atoms with Crippen LogP contribution in [0, 0.1) is 0 Å². The number of thioether (sulfide) groups is 1. The van der Waals surface area contributed by atoms with Gasteiger partial charge in [-0.3, -0.25) is 5.10 Å². The first-order chi connectivity index (χ1) is 14.4. The maximum absolute atomic E-state index is 11.8. The average molecular weight is 448 g/mol. The fraction of sp³-hybridized carbons (Fsp3) is 0.150. The maximum Gasteiger partial charge on any atom is 0.342 e. The summed E-state index contributed by atoms with van der Waals surface area (Å²) >= 11 is 6.81. The number of H-pyrrole nitrogens is 1. The highest BCUT2D eigenvalue weighted by molar-refractivity contribution is 8.04. The lowest BCUT2D eigenvalue weighted by Gasteiger charge is -2.13. The number of ether oxygens (including phenoxy) is 3. The largest absolute Gasteiger partial charge is 0.493 e. The molecule has 10 heteroatoms. The molecular formula is C20H18ClN3O5S. The van der Waals surface area contributed by atoms with E-state index in [9.17, 15) is 9.90 Å². The molecule has 0 saturated carbocycles. The third-order valence-electron chi connectivity index (χ3n) is 3.98. The smallest absolute Gasteiger partial charge is 0.342 e. The number of methoxy groups -OCH3 is 3. The van der Waals surface area contributed by atoms with Crippen LogP contribution in [0.1, 0.15) is 5.56 Å². The lowest BCUT2D eigenvalue weighted by atomic mass is 10.1. The van der Waals surface area contributed by atoms with Gasteiger partial charge in [0.05, 0.1) is 21.3 Å². The number of hydrogen-bond donors (Lipinski definition) is 2. The van der Waals surface area contributed by atoms with Crippen LogP contribution in [0.2, 0.25) is 5.02 Å². The van der Waals surface area contributed by atoms with E-state index in [1.54, 1.807) is 36.4 Å². The molecule has 0 unspecified atom stereocenters. The van der Waals surface area contributed by atoms with E-state index in [1.807, 2.05) is 0 Å². The predicted molar refractivity (Wildman–Crippen MR) is 114 cm³/mol. The highest BCUT2D eigenvalue weighted by Crippen LogP contribution is 2.39. The van der Waals surface area contributed by atoms with Crippen molar-refractivity contribution in [3.05, 3.63) is 51.9 Å². The summed E-state index contributed by atoms with van der Waals surface area (Å²) in [4.78, 5) is 16.2. The number of aromatic nitrogens is 3. The minimum Gasteiger partial charge on any atom is -0.493 e. The predicted octanol–water partition coefficient (Wildman–Crippen LogP) is 4.37. The van der Waals surface area contributed by atoms with Gasteiger partial charge in [0.25, 0.3) is 0 Å². The van der Waals surface area contributed by atoms with Gasteiger partial charge in [-0.2, -0.15) is 0 Å². The third kappa shape index (κ3) is 4.87. The summed E-state index contributed by atoms with van der Waals surface area (Å²) in [5.74, 6) is 0.642. The summed E-state index contributed by atoms with van der Waals surface area (Å²) in [7, 11) is 4.48. The first-order valence-electron chi connectivity index (χ1n) is 8.56. The van der Waals surface area contributed by atoms with Gasteiger partial charge in [0.2, 0.25) is 10.9 Å². The second-order valence-corrected chi connectivity index (χ2v) is 7.29. The maximum atomic E-state index is 11.8. The Kier molecular flexibility index (Phi) is 6.86. The number of nitrogens with one attached hydrogen (secondary N) is 1. The van der Waals surface area contributed by atoms with Gasteiger partial charge in [-0.25, -0.2) is 9.78 Å². The zero-order valence-corrected chi connectivity index (χ0v) is 17.9. The van der Waals surface area contributed by atoms with E-state index in [2.05, 4.69) is 15.2 Å². The van der Waals surface area contributed by atoms with Crippen LogP contribution in [0.15, 0.2) is 46.5 Å². The Morgan fingerprint density at radius 3 is 2.27 bits per heavy atom. The second kappa shape index (κ2) is 9.55. The Hall–Kier alpha value is -3.17. The van der Waals surface area contributed by atoms with Crippen LogP contribution in [-0.2, 0) is 4.79 Å². The van der Waals surface area contributed by atoms with E-state index in [4.69, 9.17) is 25.8 Å². The van der Waals surface area contributed by atoms with Crippen molar-refractivity contribution in [1.29, 1.82) is 0 Å². The molecule has 0 aliphatic rings. The molecule has 2 N–H and O–H groups in total. The first kappa shape index (κ1) is 21.5. The number of aromatic amines is 1. The molecular weight excluding hydrogens is 430 g/mol. The number of hydrogen-bond acceptors (Lipinski definition) is 7. The van der Waals surface area contributed by atoms with E-state index < -0.39 is 5.97 Å². The van der Waals surface area contributed by atoms with Crippen LogP contribution < -0.4 is 14.2 Å². The number of rotatable bonds is 8. The molecule has 2 aromatic carbocycles. The molecule has 0 aliphatic heterocycles. The highest BCUT2D eigenvalue weighted by Gasteiger charge is 2.17. The zero-order chi connectivity index (χ0) is 21.7. The minimum atomic E-state index is -1.12. The number of carbonyl (C=O) groups is 1. The molecule has 0 spiro atoms. The molecule has 0 aliphatic carbocycles. The van der Waals surface area contributed by atoms with Crippen molar-refractivity contribution in [2.24, 2.45) is 0 Å². The summed E-state index contributed by atoms with van der Waals surface area (Å²) in [6.07, 6.45) is 1.48. The minimum absolute atomic E-state index is 0.0194. The van der Waals surface area contributed by atoms with Crippen molar-refractivity contribution in [3.63, 3.8) is 0 Å². The lowest BCUT2D eigenvalue weighted by molar-refractivity contribution is -0.131. The molecule has 0 atom stereocenters. The molecule has 0 radical (unpaired) electrons. The van der Waals surface area contributed by atoms with Crippen molar-refractivity contribution in [1.82, 2.24) is 15.2 Å². The third-order valence-corrected chi connectivity index (χ3v) is 5.11. The second-order valence-electron chi connectivity index (χ2n) is 5.85. The van der Waals surface area contributed by atoms with Gasteiger partial charge in [0.15, 0.2) is 17.3 Å². The Morgan fingerprint density at radius 1 is 1.10 bits per heavy atom. The molecule has 3 rings (SSSR count). The van der Waals surface area contributed by atoms with Crippen molar-refractivity contribution in [3.8, 4) is 28.6 Å². The Balaban J connectivity index is 1.91. The monoisotopic (exact) mass is 447 g/mol. The van der Waals surface area contributed by atoms with Gasteiger partial charge in [0.1, 0.15) is 4.91 Å². The molecule has 30 heavy (non-hydrogen) atoms. The van der Waals surface area contributed by atoms with Gasteiger partial charge >= 0.3 is 5.97 Å². The summed E-state index contributed by atoms with van der Waals surface area (Å²) in [5, 5.41) is 17.4. The number of benzene rings is 2. The molecule has 0 saturated heterocycles. The van der Waals surface area contributed by atoms with Crippen LogP contribution in [0.4, 0.5) is 0 Å². The SMILES string of the molecule is COc1cc(/C=C(\Sc2n[nH]c(-c3ccc(Cl)cc3)n2)C(=O)O)cc(OC)c1OC. The van der Waals surface area contributed by atoms with E-state index in [0.717, 1.165) is 17.3 Å². The fourth-order valence-electron chi connectivity index (χ4n) is 2.60. The number of aliphatic carboxylic acids is 1. The molecule has 0 fully saturated rings. The number of nitrogens with zero attached hydrogens (tertiary/aromatic N) is 2. The van der Waals surface area contributed by atoms with Gasteiger partial charge in [-0.1, -0.05) is 11.6 Å². The summed E-state index contributed by atoms with van der Waals surface area (Å²) in [6, 6.07) is 10.4. The normalized spacial score (nSPS) is 11.3. The molecule has 156 valence electrons. The number of halogens is 1. The first-order valence-corrected chi connectivity index (χ1v) is 9.75. The van der Waals surface area contributed by atoms with Crippen molar-refractivity contribution < 1.29 is 24.1 Å². The number of carboxylic acid groups (broad SMARTS) is 1. The molecule has 0 amide bonds. The van der Waals surface area contributed by atoms with Crippen LogP contribution in [0.3, 0.4) is 0 Å². The average Bonchev–Trinajstić information content (AvgIpc) is 3.21. The standard InChI is InChI=1S/C20H18ClN3O5S/c1-27-14-8-11(9-15(28-2)17(14)29-3)10-16(19(25)26)30-20-22-18(23-24-20)12-4-6-13(21)7-5-12/h4-10H,1-3H3,(H,25,26)(H,22,23,24)/b16-10-. The molecule has 0 bridgehead atoms. The number of carboxylic acids is 1. The highest BCUT2D eigenvalue weighted by atomic mass is 35.5. The Labute approximate surface area is 181 Å². The van der Waals surface area contributed by atoms with E-state index in [1.165, 1.54) is 27.4 Å². The van der Waals surface area contributed by atoms with Gasteiger partial charge in [0, 0.05) is 10.6 Å². The quantitative estimate of drug-likeness (QED) is 0.387. The van der Waals surface area contributed by atoms with Gasteiger partial charge in [-0.15, -0.1) is 5.10 Å². The van der Waals surface area contributed by atoms with Crippen LogP contribution in [0.25, 0.3) is 17.5 Å². The van der Waals surface area contributed by atoms with E-state index in [0.29, 0.717) is 33.7 Å². The summed E-state index contributed by atoms with van der Waals surface area (Å²) < 4.78 is 15.9. The Morgan fingerprint density at radius 2 is 1.73 bits per heavy atom. The van der Waals surface area contributed by atoms with Crippen molar-refractivity contribution >= 4 is 35.4 Å². The Bertz CT molecular complexity index is 1060. The van der Waals surface area contributed by atoms with Gasteiger partial charge in [-0.05, 0) is 59.8 Å². The molecule has 3 aromatic rings. The summed E-state index contributed by atoms with van der Waals surface area (Å²) in [5.41, 5.74) is 1.34. The van der Waals surface area contributed by atoms with Crippen molar-refractivity contribution in [2.45, 2.75) is 5.16 Å². The molecule has 1 heterocycles. The van der Waals surface area contributed by atoms with Crippen LogP contribution in [-0.4, -0.2) is 47.6 Å². The molecule has 8 nitrogen and oxygen atoms in total. The topological polar surface area (TPSA) is 107 Å². The zero-order valence-electron chi connectivity index (χ0n) is 16.3. The van der Waals surface area contributed by atoms with Crippen LogP contribution >= 0.6 is 23.4 Å². The summed E-state index contributed by atoms with van der Waals surface area (Å²) in [6.45, 7) is 0. The van der Waals surface area contributed by atoms with E-state index in [-0.39, 0.29) is 10.1 Å². The molecule has 1 aromatic heterocycles. The van der Waals surface area contributed by atoms with Crippen LogP contribution in [0.5, 0.6) is 17.2 Å². The van der Waals surface area contributed by atoms with Crippen molar-refractivity contribution in [2.75, 3.05) is 21.3 Å². The van der Waals surface area contributed by atoms with E-state index >= 15 is 0 Å². The lowest BCUT2D eigenvalue weighted by Crippen LogP contribution is -1.99.